The molecule has 0 saturated heterocycles. The third-order valence-electron chi connectivity index (χ3n) is 2.88. The van der Waals surface area contributed by atoms with Crippen molar-refractivity contribution in [3.05, 3.63) is 29.8 Å². The number of amides is 1. The first-order valence-corrected chi connectivity index (χ1v) is 8.18. The largest absolute Gasteiger partial charge is 0.417 e. The van der Waals surface area contributed by atoms with Gasteiger partial charge < -0.3 is 10.6 Å². The Morgan fingerprint density at radius 3 is 2.39 bits per heavy atom. The zero-order chi connectivity index (χ0) is 17.7. The Morgan fingerprint density at radius 2 is 1.83 bits per heavy atom. The molecule has 0 fully saturated rings. The molecule has 0 heterocycles. The quantitative estimate of drug-likeness (QED) is 0.630. The Hall–Kier alpha value is -1.65. The minimum atomic E-state index is -4.82. The van der Waals surface area contributed by atoms with E-state index in [9.17, 15) is 26.4 Å². The molecule has 3 N–H and O–H groups in total. The third-order valence-corrected chi connectivity index (χ3v) is 4.48. The van der Waals surface area contributed by atoms with E-state index in [1.54, 1.807) is 7.05 Å². The fourth-order valence-corrected chi connectivity index (χ4v) is 3.18. The van der Waals surface area contributed by atoms with Crippen LogP contribution in [0.4, 0.5) is 13.2 Å². The van der Waals surface area contributed by atoms with Gasteiger partial charge in [-0.3, -0.25) is 4.79 Å². The summed E-state index contributed by atoms with van der Waals surface area (Å²) in [6, 6.07) is 2.58. The van der Waals surface area contributed by atoms with Crippen LogP contribution < -0.4 is 15.4 Å². The van der Waals surface area contributed by atoms with Gasteiger partial charge >= 0.3 is 6.18 Å². The second-order valence-corrected chi connectivity index (χ2v) is 6.41. The van der Waals surface area contributed by atoms with Gasteiger partial charge in [-0.1, -0.05) is 12.1 Å². The molecule has 1 atom stereocenters. The predicted octanol–water partition coefficient (Wildman–Crippen LogP) is 0.708. The maximum absolute atomic E-state index is 12.9. The second kappa shape index (κ2) is 7.75. The summed E-state index contributed by atoms with van der Waals surface area (Å²) in [5.41, 5.74) is -1.28. The molecule has 1 unspecified atom stereocenters. The topological polar surface area (TPSA) is 87.3 Å². The number of sulfonamides is 1. The van der Waals surface area contributed by atoms with Crippen LogP contribution in [0.5, 0.6) is 0 Å². The monoisotopic (exact) mass is 353 g/mol. The molecule has 0 aliphatic heterocycles. The normalized spacial score (nSPS) is 13.6. The lowest BCUT2D eigenvalue weighted by Crippen LogP contribution is -2.46. The van der Waals surface area contributed by atoms with E-state index < -0.39 is 38.6 Å². The SMILES string of the molecule is CNCCNC(=O)C(C)NS(=O)(=O)c1ccccc1C(F)(F)F. The van der Waals surface area contributed by atoms with E-state index in [2.05, 4.69) is 10.6 Å². The van der Waals surface area contributed by atoms with E-state index in [1.165, 1.54) is 13.0 Å². The minimum absolute atomic E-state index is 0.264. The molecule has 0 aliphatic rings. The summed E-state index contributed by atoms with van der Waals surface area (Å²) in [7, 11) is -2.82. The highest BCUT2D eigenvalue weighted by atomic mass is 32.2. The Kier molecular flexibility index (Phi) is 6.54. The van der Waals surface area contributed by atoms with Crippen LogP contribution >= 0.6 is 0 Å². The lowest BCUT2D eigenvalue weighted by Gasteiger charge is -2.17. The number of carbonyl (C=O) groups is 1. The van der Waals surface area contributed by atoms with Gasteiger partial charge in [0.05, 0.1) is 16.5 Å². The molecule has 23 heavy (non-hydrogen) atoms. The fourth-order valence-electron chi connectivity index (χ4n) is 1.75. The lowest BCUT2D eigenvalue weighted by atomic mass is 10.2. The van der Waals surface area contributed by atoms with Gasteiger partial charge in [-0.15, -0.1) is 0 Å². The van der Waals surface area contributed by atoms with Crippen molar-refractivity contribution >= 4 is 15.9 Å². The summed E-state index contributed by atoms with van der Waals surface area (Å²) in [5.74, 6) is -0.631. The predicted molar refractivity (Wildman–Crippen MR) is 78.2 cm³/mol. The van der Waals surface area contributed by atoms with Crippen molar-refractivity contribution in [3.63, 3.8) is 0 Å². The van der Waals surface area contributed by atoms with Crippen LogP contribution in [0.15, 0.2) is 29.2 Å². The maximum Gasteiger partial charge on any atom is 0.417 e. The summed E-state index contributed by atoms with van der Waals surface area (Å²) in [6.45, 7) is 1.99. The van der Waals surface area contributed by atoms with E-state index in [4.69, 9.17) is 0 Å². The van der Waals surface area contributed by atoms with E-state index in [-0.39, 0.29) is 6.54 Å². The molecule has 1 amide bonds. The first kappa shape index (κ1) is 19.4. The summed E-state index contributed by atoms with van der Waals surface area (Å²) in [4.78, 5) is 10.8. The van der Waals surface area contributed by atoms with Crippen molar-refractivity contribution in [2.75, 3.05) is 20.1 Å². The average molecular weight is 353 g/mol. The van der Waals surface area contributed by atoms with Gasteiger partial charge in [0.15, 0.2) is 0 Å². The van der Waals surface area contributed by atoms with E-state index in [0.717, 1.165) is 12.1 Å². The van der Waals surface area contributed by atoms with Crippen LogP contribution in [-0.4, -0.2) is 40.5 Å². The average Bonchev–Trinajstić information content (AvgIpc) is 2.46. The van der Waals surface area contributed by atoms with Gasteiger partial charge in [-0.2, -0.15) is 17.9 Å². The number of halogens is 3. The number of carbonyl (C=O) groups excluding carboxylic acids is 1. The number of rotatable bonds is 7. The summed E-state index contributed by atoms with van der Waals surface area (Å²) in [6.07, 6.45) is -4.82. The molecule has 130 valence electrons. The standard InChI is InChI=1S/C13H18F3N3O3S/c1-9(12(20)18-8-7-17-2)19-23(21,22)11-6-4-3-5-10(11)13(14,15)16/h3-6,9,17,19H,7-8H2,1-2H3,(H,18,20). The van der Waals surface area contributed by atoms with Gasteiger partial charge in [-0.25, -0.2) is 8.42 Å². The zero-order valence-corrected chi connectivity index (χ0v) is 13.4. The van der Waals surface area contributed by atoms with Gasteiger partial charge in [0.2, 0.25) is 15.9 Å². The van der Waals surface area contributed by atoms with Crippen LogP contribution in [0.2, 0.25) is 0 Å². The molecule has 1 aromatic carbocycles. The van der Waals surface area contributed by atoms with Crippen LogP contribution in [0.25, 0.3) is 0 Å². The molecule has 0 bridgehead atoms. The zero-order valence-electron chi connectivity index (χ0n) is 12.6. The molecule has 1 aromatic rings. The van der Waals surface area contributed by atoms with E-state index >= 15 is 0 Å². The number of hydrogen-bond acceptors (Lipinski definition) is 4. The highest BCUT2D eigenvalue weighted by molar-refractivity contribution is 7.89. The van der Waals surface area contributed by atoms with E-state index in [0.29, 0.717) is 12.6 Å². The van der Waals surface area contributed by atoms with Crippen molar-refractivity contribution in [1.29, 1.82) is 0 Å². The molecule has 0 saturated carbocycles. The first-order valence-electron chi connectivity index (χ1n) is 6.70. The van der Waals surface area contributed by atoms with Crippen molar-refractivity contribution in [2.24, 2.45) is 0 Å². The van der Waals surface area contributed by atoms with Crippen molar-refractivity contribution in [3.8, 4) is 0 Å². The van der Waals surface area contributed by atoms with Gasteiger partial charge in [-0.05, 0) is 26.1 Å². The Balaban J connectivity index is 2.94. The van der Waals surface area contributed by atoms with E-state index in [1.807, 2.05) is 4.72 Å². The highest BCUT2D eigenvalue weighted by Crippen LogP contribution is 2.33. The Labute approximate surface area is 132 Å². The third kappa shape index (κ3) is 5.48. The number of benzene rings is 1. The molecule has 0 aromatic heterocycles. The Bertz CT molecular complexity index is 647. The fraction of sp³-hybridized carbons (Fsp3) is 0.462. The number of hydrogen-bond donors (Lipinski definition) is 3. The number of alkyl halides is 3. The van der Waals surface area contributed by atoms with Crippen LogP contribution in [0.1, 0.15) is 12.5 Å². The van der Waals surface area contributed by atoms with Crippen LogP contribution in [0, 0.1) is 0 Å². The maximum atomic E-state index is 12.9. The van der Waals surface area contributed by atoms with Crippen molar-refractivity contribution in [2.45, 2.75) is 24.0 Å². The molecular formula is C13H18F3N3O3S. The molecule has 0 aliphatic carbocycles. The number of nitrogens with one attached hydrogen (secondary N) is 3. The lowest BCUT2D eigenvalue weighted by molar-refractivity contribution is -0.139. The smallest absolute Gasteiger partial charge is 0.353 e. The van der Waals surface area contributed by atoms with Crippen molar-refractivity contribution < 1.29 is 26.4 Å². The van der Waals surface area contributed by atoms with Crippen molar-refractivity contribution in [1.82, 2.24) is 15.4 Å². The summed E-state index contributed by atoms with van der Waals surface area (Å²) >= 11 is 0. The van der Waals surface area contributed by atoms with Gasteiger partial charge in [0.1, 0.15) is 0 Å². The highest BCUT2D eigenvalue weighted by Gasteiger charge is 2.37. The molecule has 6 nitrogen and oxygen atoms in total. The first-order chi connectivity index (χ1) is 10.6. The van der Waals surface area contributed by atoms with Crippen LogP contribution in [0.3, 0.4) is 0 Å². The molecule has 10 heteroatoms. The molecule has 0 spiro atoms. The van der Waals surface area contributed by atoms with Crippen LogP contribution in [-0.2, 0) is 21.0 Å². The molecule has 0 radical (unpaired) electrons. The Morgan fingerprint density at radius 1 is 1.22 bits per heavy atom. The summed E-state index contributed by atoms with van der Waals surface area (Å²) in [5, 5.41) is 5.23. The minimum Gasteiger partial charge on any atom is -0.353 e. The van der Waals surface area contributed by atoms with Gasteiger partial charge in [0.25, 0.3) is 0 Å². The summed E-state index contributed by atoms with van der Waals surface area (Å²) < 4.78 is 64.9. The number of likely N-dealkylation sites (N-methyl/N-ethyl adjacent to an activating group) is 1. The molecular weight excluding hydrogens is 335 g/mol. The molecule has 1 rings (SSSR count). The second-order valence-electron chi connectivity index (χ2n) is 4.73. The van der Waals surface area contributed by atoms with Gasteiger partial charge in [0, 0.05) is 13.1 Å².